The van der Waals surface area contributed by atoms with Crippen LogP contribution < -0.4 is 15.4 Å². The van der Waals surface area contributed by atoms with Crippen LogP contribution >= 0.6 is 23.1 Å². The fourth-order valence-electron chi connectivity index (χ4n) is 2.99. The molecule has 3 aromatic carbocycles. The van der Waals surface area contributed by atoms with Gasteiger partial charge in [-0.3, -0.25) is 14.9 Å². The highest BCUT2D eigenvalue weighted by Crippen LogP contribution is 2.27. The Morgan fingerprint density at radius 2 is 1.58 bits per heavy atom. The van der Waals surface area contributed by atoms with E-state index in [4.69, 9.17) is 4.74 Å². The van der Waals surface area contributed by atoms with Crippen LogP contribution in [0, 0.1) is 0 Å². The molecule has 166 valence electrons. The average Bonchev–Trinajstić information content (AvgIpc) is 3.31. The average molecular weight is 477 g/mol. The Morgan fingerprint density at radius 3 is 2.33 bits per heavy atom. The van der Waals surface area contributed by atoms with E-state index in [2.05, 4.69) is 20.8 Å². The van der Waals surface area contributed by atoms with Crippen molar-refractivity contribution in [1.82, 2.24) is 10.2 Å². The number of hydrogen-bond donors (Lipinski definition) is 2. The summed E-state index contributed by atoms with van der Waals surface area (Å²) in [5, 5.41) is 14.0. The minimum Gasteiger partial charge on any atom is -0.495 e. The molecule has 0 unspecified atom stereocenters. The topological polar surface area (TPSA) is 93.2 Å². The van der Waals surface area contributed by atoms with Crippen LogP contribution in [0.4, 0.5) is 10.8 Å². The van der Waals surface area contributed by atoms with Gasteiger partial charge in [0.2, 0.25) is 11.0 Å². The van der Waals surface area contributed by atoms with E-state index in [-0.39, 0.29) is 17.6 Å². The Morgan fingerprint density at radius 1 is 0.879 bits per heavy atom. The van der Waals surface area contributed by atoms with E-state index in [0.29, 0.717) is 26.5 Å². The molecule has 7 nitrogen and oxygen atoms in total. The summed E-state index contributed by atoms with van der Waals surface area (Å²) in [4.78, 5) is 24.8. The number of carbonyl (C=O) groups is 2. The van der Waals surface area contributed by atoms with Gasteiger partial charge in [0.05, 0.1) is 18.6 Å². The van der Waals surface area contributed by atoms with E-state index >= 15 is 0 Å². The van der Waals surface area contributed by atoms with E-state index < -0.39 is 0 Å². The molecule has 1 heterocycles. The van der Waals surface area contributed by atoms with Crippen LogP contribution in [0.3, 0.4) is 0 Å². The fourth-order valence-corrected chi connectivity index (χ4v) is 4.54. The molecule has 2 amide bonds. The lowest BCUT2D eigenvalue weighted by atomic mass is 10.0. The van der Waals surface area contributed by atoms with Gasteiger partial charge in [-0.1, -0.05) is 77.7 Å². The molecule has 0 atom stereocenters. The number of para-hydroxylation sites is 2. The predicted molar refractivity (Wildman–Crippen MR) is 132 cm³/mol. The maximum Gasteiger partial charge on any atom is 0.257 e. The monoisotopic (exact) mass is 476 g/mol. The largest absolute Gasteiger partial charge is 0.495 e. The molecule has 2 N–H and O–H groups in total. The zero-order valence-corrected chi connectivity index (χ0v) is 19.3. The summed E-state index contributed by atoms with van der Waals surface area (Å²) >= 11 is 2.46. The lowest BCUT2D eigenvalue weighted by Gasteiger charge is -2.08. The highest BCUT2D eigenvalue weighted by molar-refractivity contribution is 8.01. The summed E-state index contributed by atoms with van der Waals surface area (Å²) in [5.74, 6) is 0.287. The van der Waals surface area contributed by atoms with Gasteiger partial charge in [0.15, 0.2) is 4.34 Å². The Kier molecular flexibility index (Phi) is 7.33. The van der Waals surface area contributed by atoms with Gasteiger partial charge < -0.3 is 10.1 Å². The van der Waals surface area contributed by atoms with Crippen molar-refractivity contribution >= 4 is 45.7 Å². The van der Waals surface area contributed by atoms with Crippen molar-refractivity contribution < 1.29 is 14.3 Å². The number of methoxy groups -OCH3 is 1. The van der Waals surface area contributed by atoms with Crippen molar-refractivity contribution in [1.29, 1.82) is 0 Å². The van der Waals surface area contributed by atoms with Crippen LogP contribution in [-0.2, 0) is 4.79 Å². The lowest BCUT2D eigenvalue weighted by Crippen LogP contribution is -2.14. The molecule has 4 aromatic rings. The molecule has 33 heavy (non-hydrogen) atoms. The molecule has 0 saturated carbocycles. The van der Waals surface area contributed by atoms with Gasteiger partial charge in [-0.2, -0.15) is 0 Å². The third-order valence-electron chi connectivity index (χ3n) is 4.59. The minimum absolute atomic E-state index is 0.154. The Bertz CT molecular complexity index is 1240. The number of anilines is 2. The highest BCUT2D eigenvalue weighted by atomic mass is 32.2. The SMILES string of the molecule is COc1ccccc1NC(=O)CSc1nnc(NC(=O)c2ccc(-c3ccccc3)cc2)s1. The number of rotatable bonds is 8. The van der Waals surface area contributed by atoms with Gasteiger partial charge in [-0.25, -0.2) is 0 Å². The van der Waals surface area contributed by atoms with E-state index in [1.54, 1.807) is 31.4 Å². The molecule has 0 aliphatic carbocycles. The van der Waals surface area contributed by atoms with Crippen molar-refractivity contribution in [2.75, 3.05) is 23.5 Å². The molecular weight excluding hydrogens is 456 g/mol. The summed E-state index contributed by atoms with van der Waals surface area (Å²) in [6.45, 7) is 0. The molecule has 0 fully saturated rings. The number of nitrogens with one attached hydrogen (secondary N) is 2. The van der Waals surface area contributed by atoms with Crippen molar-refractivity contribution in [3.05, 3.63) is 84.4 Å². The maximum atomic E-state index is 12.5. The van der Waals surface area contributed by atoms with Crippen LogP contribution in [0.2, 0.25) is 0 Å². The summed E-state index contributed by atoms with van der Waals surface area (Å²) < 4.78 is 5.82. The zero-order chi connectivity index (χ0) is 23.0. The second kappa shape index (κ2) is 10.8. The summed E-state index contributed by atoms with van der Waals surface area (Å²) in [6, 6.07) is 24.5. The summed E-state index contributed by atoms with van der Waals surface area (Å²) in [6.07, 6.45) is 0. The first-order valence-corrected chi connectivity index (χ1v) is 11.8. The third kappa shape index (κ3) is 5.97. The first-order chi connectivity index (χ1) is 16.1. The van der Waals surface area contributed by atoms with Gasteiger partial charge in [0.1, 0.15) is 5.75 Å². The quantitative estimate of drug-likeness (QED) is 0.268. The number of carbonyl (C=O) groups excluding carboxylic acids is 2. The minimum atomic E-state index is -0.267. The number of nitrogens with zero attached hydrogens (tertiary/aromatic N) is 2. The molecule has 9 heteroatoms. The number of benzene rings is 3. The number of aromatic nitrogens is 2. The number of hydrogen-bond acceptors (Lipinski definition) is 7. The summed E-state index contributed by atoms with van der Waals surface area (Å²) in [5.41, 5.74) is 3.25. The van der Waals surface area contributed by atoms with Crippen molar-refractivity contribution in [2.24, 2.45) is 0 Å². The molecular formula is C24H20N4O3S2. The van der Waals surface area contributed by atoms with E-state index in [1.165, 1.54) is 23.1 Å². The van der Waals surface area contributed by atoms with Gasteiger partial charge in [-0.15, -0.1) is 10.2 Å². The third-order valence-corrected chi connectivity index (χ3v) is 6.56. The van der Waals surface area contributed by atoms with Crippen LogP contribution in [0.15, 0.2) is 83.2 Å². The molecule has 1 aromatic heterocycles. The second-order valence-corrected chi connectivity index (χ2v) is 9.01. The number of thioether (sulfide) groups is 1. The van der Waals surface area contributed by atoms with Crippen LogP contribution in [0.25, 0.3) is 11.1 Å². The van der Waals surface area contributed by atoms with Crippen LogP contribution in [0.1, 0.15) is 10.4 Å². The molecule has 4 rings (SSSR count). The molecule has 0 spiro atoms. The second-order valence-electron chi connectivity index (χ2n) is 6.81. The standard InChI is InChI=1S/C24H20N4O3S2/c1-31-20-10-6-5-9-19(20)25-21(29)15-32-24-28-27-23(33-24)26-22(30)18-13-11-17(12-14-18)16-7-3-2-4-8-16/h2-14H,15H2,1H3,(H,25,29)(H,26,27,30). The van der Waals surface area contributed by atoms with E-state index in [0.717, 1.165) is 11.1 Å². The predicted octanol–water partition coefficient (Wildman–Crippen LogP) is 5.20. The fraction of sp³-hybridized carbons (Fsp3) is 0.0833. The number of ether oxygens (including phenoxy) is 1. The highest BCUT2D eigenvalue weighted by Gasteiger charge is 2.13. The molecule has 0 aliphatic heterocycles. The lowest BCUT2D eigenvalue weighted by molar-refractivity contribution is -0.113. The first-order valence-electron chi connectivity index (χ1n) is 9.98. The van der Waals surface area contributed by atoms with Crippen molar-refractivity contribution in [3.8, 4) is 16.9 Å². The van der Waals surface area contributed by atoms with Crippen LogP contribution in [0.5, 0.6) is 5.75 Å². The van der Waals surface area contributed by atoms with Gasteiger partial charge in [0, 0.05) is 5.56 Å². The van der Waals surface area contributed by atoms with E-state index in [1.807, 2.05) is 54.6 Å². The van der Waals surface area contributed by atoms with Crippen molar-refractivity contribution in [2.45, 2.75) is 4.34 Å². The van der Waals surface area contributed by atoms with Gasteiger partial charge in [0.25, 0.3) is 5.91 Å². The molecule has 0 radical (unpaired) electrons. The molecule has 0 aliphatic rings. The molecule has 0 saturated heterocycles. The smallest absolute Gasteiger partial charge is 0.257 e. The first kappa shape index (κ1) is 22.5. The zero-order valence-electron chi connectivity index (χ0n) is 17.6. The molecule has 0 bridgehead atoms. The summed E-state index contributed by atoms with van der Waals surface area (Å²) in [7, 11) is 1.55. The number of amides is 2. The van der Waals surface area contributed by atoms with Gasteiger partial charge in [-0.05, 0) is 35.4 Å². The normalized spacial score (nSPS) is 10.5. The maximum absolute atomic E-state index is 12.5. The Balaban J connectivity index is 1.30. The van der Waals surface area contributed by atoms with Gasteiger partial charge >= 0.3 is 0 Å². The van der Waals surface area contributed by atoms with E-state index in [9.17, 15) is 9.59 Å². The Hall–Kier alpha value is -3.69. The Labute approximate surface area is 199 Å². The van der Waals surface area contributed by atoms with Crippen LogP contribution in [-0.4, -0.2) is 34.9 Å². The van der Waals surface area contributed by atoms with Crippen molar-refractivity contribution in [3.63, 3.8) is 0 Å².